The van der Waals surface area contributed by atoms with Gasteiger partial charge in [0.15, 0.2) is 0 Å². The maximum Gasteiger partial charge on any atom is 0.431 e. The van der Waals surface area contributed by atoms with Crippen LogP contribution in [0.1, 0.15) is 12.8 Å². The van der Waals surface area contributed by atoms with E-state index < -0.39 is 42.2 Å². The van der Waals surface area contributed by atoms with Crippen LogP contribution >= 0.6 is 0 Å². The molecule has 9 heteroatoms. The number of amides is 1. The van der Waals surface area contributed by atoms with Crippen molar-refractivity contribution in [1.29, 1.82) is 5.41 Å². The molecule has 1 fully saturated rings. The zero-order valence-electron chi connectivity index (χ0n) is 9.73. The van der Waals surface area contributed by atoms with Gasteiger partial charge in [0, 0.05) is 19.2 Å². The summed E-state index contributed by atoms with van der Waals surface area (Å²) in [6.45, 7) is -1.05. The van der Waals surface area contributed by atoms with Crippen LogP contribution in [0.5, 0.6) is 0 Å². The number of likely N-dealkylation sites (tertiary alicyclic amines) is 1. The Kier molecular flexibility index (Phi) is 4.16. The molecule has 1 saturated heterocycles. The molecule has 0 aromatic rings. The molecule has 3 N–H and O–H groups in total. The molecule has 0 aromatic carbocycles. The van der Waals surface area contributed by atoms with Crippen molar-refractivity contribution in [2.75, 3.05) is 13.1 Å². The third-order valence-corrected chi connectivity index (χ3v) is 2.65. The summed E-state index contributed by atoms with van der Waals surface area (Å²) in [6, 6.07) is 0. The molecule has 1 aliphatic rings. The minimum Gasteiger partial charge on any atom is -0.394 e. The third-order valence-electron chi connectivity index (χ3n) is 2.65. The van der Waals surface area contributed by atoms with E-state index in [0.717, 1.165) is 0 Å². The van der Waals surface area contributed by atoms with E-state index in [-0.39, 0.29) is 19.2 Å². The van der Waals surface area contributed by atoms with E-state index in [9.17, 15) is 26.7 Å². The van der Waals surface area contributed by atoms with Crippen LogP contribution in [0, 0.1) is 5.41 Å². The molecule has 1 amide bonds. The molecular formula is C10H12F5N3O. The molecule has 0 radical (unpaired) electrons. The molecule has 0 unspecified atom stereocenters. The highest BCUT2D eigenvalue weighted by Gasteiger charge is 2.40. The maximum absolute atomic E-state index is 13.1. The average Bonchev–Trinajstić information content (AvgIpc) is 2.27. The highest BCUT2D eigenvalue weighted by molar-refractivity contribution is 6.12. The fourth-order valence-electron chi connectivity index (χ4n) is 1.72. The number of carbonyl (C=O) groups excluding carboxylic acids is 1. The summed E-state index contributed by atoms with van der Waals surface area (Å²) >= 11 is 0. The van der Waals surface area contributed by atoms with Crippen molar-refractivity contribution in [1.82, 2.24) is 4.90 Å². The van der Waals surface area contributed by atoms with Crippen LogP contribution in [-0.4, -0.2) is 42.2 Å². The number of rotatable bonds is 2. The van der Waals surface area contributed by atoms with E-state index >= 15 is 0 Å². The van der Waals surface area contributed by atoms with Gasteiger partial charge < -0.3 is 16.0 Å². The smallest absolute Gasteiger partial charge is 0.394 e. The van der Waals surface area contributed by atoms with Crippen molar-refractivity contribution in [3.8, 4) is 0 Å². The number of hydrogen-bond donors (Lipinski definition) is 2. The van der Waals surface area contributed by atoms with Crippen molar-refractivity contribution >= 4 is 12.1 Å². The van der Waals surface area contributed by atoms with Crippen LogP contribution in [0.25, 0.3) is 0 Å². The lowest BCUT2D eigenvalue weighted by Gasteiger charge is -2.32. The second-order valence-corrected chi connectivity index (χ2v) is 4.16. The molecule has 1 heterocycles. The molecule has 0 atom stereocenters. The quantitative estimate of drug-likeness (QED) is 0.460. The van der Waals surface area contributed by atoms with Crippen molar-refractivity contribution in [3.63, 3.8) is 0 Å². The lowest BCUT2D eigenvalue weighted by Crippen LogP contribution is -2.47. The molecule has 0 bridgehead atoms. The summed E-state index contributed by atoms with van der Waals surface area (Å²) < 4.78 is 63.3. The van der Waals surface area contributed by atoms with Crippen LogP contribution < -0.4 is 5.73 Å². The second-order valence-electron chi connectivity index (χ2n) is 4.16. The Bertz CT molecular complexity index is 416. The fourth-order valence-corrected chi connectivity index (χ4v) is 1.72. The Morgan fingerprint density at radius 2 is 1.95 bits per heavy atom. The molecule has 4 nitrogen and oxygen atoms in total. The molecule has 0 spiro atoms. The van der Waals surface area contributed by atoms with Gasteiger partial charge in [-0.3, -0.25) is 4.79 Å². The van der Waals surface area contributed by atoms with Crippen LogP contribution in [0.2, 0.25) is 0 Å². The molecule has 19 heavy (non-hydrogen) atoms. The van der Waals surface area contributed by atoms with Gasteiger partial charge in [-0.2, -0.15) is 13.2 Å². The summed E-state index contributed by atoms with van der Waals surface area (Å²) in [5.41, 5.74) is 1.88. The van der Waals surface area contributed by atoms with Gasteiger partial charge in [-0.25, -0.2) is 8.78 Å². The lowest BCUT2D eigenvalue weighted by molar-refractivity contribution is -0.138. The van der Waals surface area contributed by atoms with Crippen LogP contribution in [-0.2, 0) is 4.79 Å². The maximum atomic E-state index is 13.1. The Morgan fingerprint density at radius 3 is 2.37 bits per heavy atom. The number of piperidine rings is 1. The fraction of sp³-hybridized carbons (Fsp3) is 0.600. The molecule has 108 valence electrons. The Hall–Kier alpha value is -1.67. The molecule has 0 aliphatic carbocycles. The van der Waals surface area contributed by atoms with E-state index in [0.29, 0.717) is 4.90 Å². The van der Waals surface area contributed by atoms with Gasteiger partial charge in [0.05, 0.1) is 12.1 Å². The largest absolute Gasteiger partial charge is 0.431 e. The van der Waals surface area contributed by atoms with Crippen LogP contribution in [0.3, 0.4) is 0 Å². The van der Waals surface area contributed by atoms with Crippen LogP contribution in [0.15, 0.2) is 11.3 Å². The zero-order chi connectivity index (χ0) is 14.8. The van der Waals surface area contributed by atoms with Crippen molar-refractivity contribution < 1.29 is 26.7 Å². The van der Waals surface area contributed by atoms with Gasteiger partial charge in [0.1, 0.15) is 5.70 Å². The number of hydrogen-bond acceptors (Lipinski definition) is 3. The first-order chi connectivity index (χ1) is 8.58. The van der Waals surface area contributed by atoms with Gasteiger partial charge >= 0.3 is 6.18 Å². The van der Waals surface area contributed by atoms with Crippen molar-refractivity contribution in [3.05, 3.63) is 11.3 Å². The first-order valence-corrected chi connectivity index (χ1v) is 5.33. The first-order valence-electron chi connectivity index (χ1n) is 5.33. The van der Waals surface area contributed by atoms with E-state index in [1.807, 2.05) is 0 Å². The summed E-state index contributed by atoms with van der Waals surface area (Å²) in [5.74, 6) is -4.43. The lowest BCUT2D eigenvalue weighted by atomic mass is 10.1. The van der Waals surface area contributed by atoms with Gasteiger partial charge in [-0.1, -0.05) is 0 Å². The Balaban J connectivity index is 3.01. The number of nitrogens with zero attached hydrogens (tertiary/aromatic N) is 1. The molecule has 1 rings (SSSR count). The number of nitrogens with one attached hydrogen (secondary N) is 1. The molecular weight excluding hydrogens is 273 g/mol. The predicted molar refractivity (Wildman–Crippen MR) is 56.8 cm³/mol. The first kappa shape index (κ1) is 15.4. The minimum absolute atomic E-state index is 0.0179. The Labute approximate surface area is 105 Å². The topological polar surface area (TPSA) is 70.2 Å². The molecule has 1 aliphatic heterocycles. The van der Waals surface area contributed by atoms with E-state index in [4.69, 9.17) is 11.1 Å². The number of nitrogens with two attached hydrogens (primary N) is 1. The van der Waals surface area contributed by atoms with Crippen molar-refractivity contribution in [2.24, 2.45) is 5.73 Å². The number of allylic oxidation sites excluding steroid dienone is 1. The van der Waals surface area contributed by atoms with Gasteiger partial charge in [0.2, 0.25) is 0 Å². The number of carbonyl (C=O) groups is 1. The standard InChI is InChI=1S/C10H12F5N3O/c11-9(12)2-1-3-18(5-9)8(19)6(4-16)7(17)10(13,14)15/h4,16H,1-3,5,17H2. The number of halogens is 5. The Morgan fingerprint density at radius 1 is 1.37 bits per heavy atom. The second kappa shape index (κ2) is 5.14. The summed E-state index contributed by atoms with van der Waals surface area (Å²) in [7, 11) is 0. The highest BCUT2D eigenvalue weighted by atomic mass is 19.4. The molecule has 0 aromatic heterocycles. The van der Waals surface area contributed by atoms with Crippen LogP contribution in [0.4, 0.5) is 22.0 Å². The summed E-state index contributed by atoms with van der Waals surface area (Å²) in [6.07, 6.45) is -5.29. The summed E-state index contributed by atoms with van der Waals surface area (Å²) in [4.78, 5) is 12.3. The van der Waals surface area contributed by atoms with Gasteiger partial charge in [-0.15, -0.1) is 0 Å². The SMILES string of the molecule is N=CC(C(=O)N1CCCC(F)(F)C1)=C(N)C(F)(F)F. The third kappa shape index (κ3) is 3.65. The minimum atomic E-state index is -4.99. The predicted octanol–water partition coefficient (Wildman–Crippen LogP) is 1.67. The van der Waals surface area contributed by atoms with E-state index in [1.165, 1.54) is 0 Å². The summed E-state index contributed by atoms with van der Waals surface area (Å²) in [5, 5.41) is 6.82. The van der Waals surface area contributed by atoms with E-state index in [1.54, 1.807) is 0 Å². The van der Waals surface area contributed by atoms with Crippen molar-refractivity contribution in [2.45, 2.75) is 24.9 Å². The highest BCUT2D eigenvalue weighted by Crippen LogP contribution is 2.29. The van der Waals surface area contributed by atoms with E-state index in [2.05, 4.69) is 0 Å². The average molecular weight is 285 g/mol. The monoisotopic (exact) mass is 285 g/mol. The normalized spacial score (nSPS) is 20.8. The van der Waals surface area contributed by atoms with Gasteiger partial charge in [-0.05, 0) is 6.42 Å². The molecule has 0 saturated carbocycles. The van der Waals surface area contributed by atoms with Gasteiger partial charge in [0.25, 0.3) is 11.8 Å². The number of alkyl halides is 5. The zero-order valence-corrected chi connectivity index (χ0v) is 9.73.